The molecule has 2 N–H and O–H groups in total. The van der Waals surface area contributed by atoms with Crippen molar-refractivity contribution in [3.05, 3.63) is 5.69 Å². The Labute approximate surface area is 120 Å². The van der Waals surface area contributed by atoms with E-state index in [4.69, 9.17) is 5.73 Å². The third-order valence-electron chi connectivity index (χ3n) is 4.70. The van der Waals surface area contributed by atoms with Crippen molar-refractivity contribution in [2.75, 3.05) is 5.73 Å². The standard InChI is InChI=1S/C15H25N5/c1-4-20-14-13(11(3)18-20)17-15(16)19(14)9-12-7-5-10(2)6-8-12/h10,12H,4-9H2,1-3H3,(H2,16,17). The van der Waals surface area contributed by atoms with Crippen LogP contribution < -0.4 is 5.73 Å². The fraction of sp³-hybridized carbons (Fsp3) is 0.733. The maximum atomic E-state index is 6.15. The molecule has 1 fully saturated rings. The van der Waals surface area contributed by atoms with E-state index in [1.807, 2.05) is 11.6 Å². The van der Waals surface area contributed by atoms with Gasteiger partial charge in [0, 0.05) is 13.1 Å². The summed E-state index contributed by atoms with van der Waals surface area (Å²) < 4.78 is 4.21. The van der Waals surface area contributed by atoms with Crippen LogP contribution in [0.1, 0.15) is 45.2 Å². The lowest BCUT2D eigenvalue weighted by molar-refractivity contribution is 0.266. The lowest BCUT2D eigenvalue weighted by Gasteiger charge is -2.26. The Morgan fingerprint density at radius 2 is 1.95 bits per heavy atom. The molecule has 2 heterocycles. The molecule has 0 bridgehead atoms. The van der Waals surface area contributed by atoms with E-state index in [0.717, 1.165) is 41.8 Å². The first-order valence-corrected chi connectivity index (χ1v) is 7.79. The summed E-state index contributed by atoms with van der Waals surface area (Å²) in [5.74, 6) is 2.25. The van der Waals surface area contributed by atoms with Crippen LogP contribution >= 0.6 is 0 Å². The Bertz CT molecular complexity index is 601. The minimum atomic E-state index is 0.640. The lowest BCUT2D eigenvalue weighted by atomic mass is 9.83. The van der Waals surface area contributed by atoms with Crippen molar-refractivity contribution in [1.29, 1.82) is 0 Å². The second kappa shape index (κ2) is 5.11. The third-order valence-corrected chi connectivity index (χ3v) is 4.70. The van der Waals surface area contributed by atoms with Gasteiger partial charge >= 0.3 is 0 Å². The summed E-state index contributed by atoms with van der Waals surface area (Å²) in [6.45, 7) is 8.32. The van der Waals surface area contributed by atoms with Gasteiger partial charge in [0.2, 0.25) is 5.95 Å². The van der Waals surface area contributed by atoms with Crippen LogP contribution in [0.25, 0.3) is 11.2 Å². The van der Waals surface area contributed by atoms with Crippen LogP contribution in [-0.2, 0) is 13.1 Å². The van der Waals surface area contributed by atoms with Gasteiger partial charge in [-0.05, 0) is 38.5 Å². The number of nitrogens with two attached hydrogens (primary N) is 1. The first-order chi connectivity index (χ1) is 9.60. The van der Waals surface area contributed by atoms with E-state index in [1.54, 1.807) is 0 Å². The molecule has 0 saturated heterocycles. The van der Waals surface area contributed by atoms with E-state index in [1.165, 1.54) is 25.7 Å². The first-order valence-electron chi connectivity index (χ1n) is 7.79. The monoisotopic (exact) mass is 275 g/mol. The molecule has 0 atom stereocenters. The number of aryl methyl sites for hydroxylation is 2. The van der Waals surface area contributed by atoms with Gasteiger partial charge in [-0.3, -0.25) is 4.57 Å². The number of nitrogens with zero attached hydrogens (tertiary/aromatic N) is 4. The molecule has 0 amide bonds. The van der Waals surface area contributed by atoms with E-state index >= 15 is 0 Å². The molecule has 110 valence electrons. The largest absolute Gasteiger partial charge is 0.369 e. The van der Waals surface area contributed by atoms with Crippen LogP contribution in [0, 0.1) is 18.8 Å². The molecule has 0 radical (unpaired) electrons. The smallest absolute Gasteiger partial charge is 0.202 e. The van der Waals surface area contributed by atoms with Gasteiger partial charge in [0.1, 0.15) is 5.52 Å². The van der Waals surface area contributed by atoms with Gasteiger partial charge in [-0.25, -0.2) is 9.67 Å². The lowest BCUT2D eigenvalue weighted by Crippen LogP contribution is -2.19. The summed E-state index contributed by atoms with van der Waals surface area (Å²) >= 11 is 0. The quantitative estimate of drug-likeness (QED) is 0.936. The SMILES string of the molecule is CCn1nc(C)c2nc(N)n(CC3CCC(C)CC3)c21. The van der Waals surface area contributed by atoms with E-state index in [9.17, 15) is 0 Å². The van der Waals surface area contributed by atoms with Gasteiger partial charge in [0.25, 0.3) is 0 Å². The molecule has 5 nitrogen and oxygen atoms in total. The number of imidazole rings is 1. The molecule has 3 rings (SSSR count). The normalized spacial score (nSPS) is 23.6. The summed E-state index contributed by atoms with van der Waals surface area (Å²) in [5, 5.41) is 4.55. The minimum absolute atomic E-state index is 0.640. The Kier molecular flexibility index (Phi) is 3.44. The van der Waals surface area contributed by atoms with Gasteiger partial charge in [-0.1, -0.05) is 19.8 Å². The van der Waals surface area contributed by atoms with Crippen LogP contribution in [0.2, 0.25) is 0 Å². The predicted octanol–water partition coefficient (Wildman–Crippen LogP) is 2.97. The Morgan fingerprint density at radius 3 is 2.60 bits per heavy atom. The molecule has 2 aromatic heterocycles. The minimum Gasteiger partial charge on any atom is -0.369 e. The van der Waals surface area contributed by atoms with Crippen molar-refractivity contribution in [1.82, 2.24) is 19.3 Å². The number of nitrogen functional groups attached to an aromatic ring is 1. The summed E-state index contributed by atoms with van der Waals surface area (Å²) in [4.78, 5) is 4.52. The zero-order chi connectivity index (χ0) is 14.3. The van der Waals surface area contributed by atoms with Gasteiger partial charge in [0.15, 0.2) is 5.65 Å². The Balaban J connectivity index is 1.92. The first kappa shape index (κ1) is 13.5. The summed E-state index contributed by atoms with van der Waals surface area (Å²) in [5.41, 5.74) is 9.19. The molecule has 20 heavy (non-hydrogen) atoms. The highest BCUT2D eigenvalue weighted by Crippen LogP contribution is 2.31. The molecule has 2 aromatic rings. The molecular weight excluding hydrogens is 250 g/mol. The number of aromatic nitrogens is 4. The number of hydrogen-bond acceptors (Lipinski definition) is 3. The highest BCUT2D eigenvalue weighted by molar-refractivity contribution is 5.77. The molecule has 0 spiro atoms. The Morgan fingerprint density at radius 1 is 1.25 bits per heavy atom. The highest BCUT2D eigenvalue weighted by Gasteiger charge is 2.22. The van der Waals surface area contributed by atoms with Crippen molar-refractivity contribution in [2.24, 2.45) is 11.8 Å². The van der Waals surface area contributed by atoms with Crippen molar-refractivity contribution in [3.8, 4) is 0 Å². The molecular formula is C15H25N5. The van der Waals surface area contributed by atoms with Crippen molar-refractivity contribution >= 4 is 17.1 Å². The summed E-state index contributed by atoms with van der Waals surface area (Å²) in [6, 6.07) is 0. The van der Waals surface area contributed by atoms with Crippen LogP contribution in [-0.4, -0.2) is 19.3 Å². The molecule has 0 aromatic carbocycles. The maximum Gasteiger partial charge on any atom is 0.202 e. The predicted molar refractivity (Wildman–Crippen MR) is 81.5 cm³/mol. The van der Waals surface area contributed by atoms with Gasteiger partial charge in [0.05, 0.1) is 5.69 Å². The average molecular weight is 275 g/mol. The maximum absolute atomic E-state index is 6.15. The molecule has 1 aliphatic carbocycles. The molecule has 5 heteroatoms. The fourth-order valence-corrected chi connectivity index (χ4v) is 3.41. The van der Waals surface area contributed by atoms with Gasteiger partial charge in [-0.2, -0.15) is 5.10 Å². The third kappa shape index (κ3) is 2.19. The number of rotatable bonds is 3. The van der Waals surface area contributed by atoms with E-state index < -0.39 is 0 Å². The van der Waals surface area contributed by atoms with Crippen molar-refractivity contribution < 1.29 is 0 Å². The second-order valence-electron chi connectivity index (χ2n) is 6.28. The van der Waals surface area contributed by atoms with E-state index in [0.29, 0.717) is 5.95 Å². The molecule has 1 saturated carbocycles. The van der Waals surface area contributed by atoms with Gasteiger partial charge < -0.3 is 5.73 Å². The number of hydrogen-bond donors (Lipinski definition) is 1. The van der Waals surface area contributed by atoms with Crippen LogP contribution in [0.3, 0.4) is 0 Å². The van der Waals surface area contributed by atoms with Gasteiger partial charge in [-0.15, -0.1) is 0 Å². The number of fused-ring (bicyclic) bond motifs is 1. The van der Waals surface area contributed by atoms with Crippen LogP contribution in [0.5, 0.6) is 0 Å². The van der Waals surface area contributed by atoms with Crippen molar-refractivity contribution in [3.63, 3.8) is 0 Å². The van der Waals surface area contributed by atoms with E-state index in [-0.39, 0.29) is 0 Å². The highest BCUT2D eigenvalue weighted by atomic mass is 15.4. The summed E-state index contributed by atoms with van der Waals surface area (Å²) in [7, 11) is 0. The number of anilines is 1. The van der Waals surface area contributed by atoms with Crippen LogP contribution in [0.4, 0.5) is 5.95 Å². The average Bonchev–Trinajstić information content (AvgIpc) is 2.91. The van der Waals surface area contributed by atoms with Crippen molar-refractivity contribution in [2.45, 2.75) is 59.5 Å². The molecule has 1 aliphatic rings. The molecule has 0 unspecified atom stereocenters. The summed E-state index contributed by atoms with van der Waals surface area (Å²) in [6.07, 6.45) is 5.29. The zero-order valence-corrected chi connectivity index (χ0v) is 12.8. The second-order valence-corrected chi connectivity index (χ2v) is 6.28. The van der Waals surface area contributed by atoms with Crippen LogP contribution in [0.15, 0.2) is 0 Å². The topological polar surface area (TPSA) is 61.7 Å². The fourth-order valence-electron chi connectivity index (χ4n) is 3.41. The zero-order valence-electron chi connectivity index (χ0n) is 12.8. The van der Waals surface area contributed by atoms with E-state index in [2.05, 4.69) is 28.5 Å². The molecule has 0 aliphatic heterocycles. The Hall–Kier alpha value is -1.52.